The molecule has 0 fully saturated rings. The molecule has 1 aromatic rings. The lowest BCUT2D eigenvalue weighted by molar-refractivity contribution is -0.387. The highest BCUT2D eigenvalue weighted by Gasteiger charge is 2.29. The molecule has 0 aliphatic rings. The maximum Gasteiger partial charge on any atom is 0.289 e. The fourth-order valence-corrected chi connectivity index (χ4v) is 4.64. The average Bonchev–Trinajstić information content (AvgIpc) is 2.25. The van der Waals surface area contributed by atoms with Gasteiger partial charge in [-0.1, -0.05) is 17.7 Å². The van der Waals surface area contributed by atoms with Crippen LogP contribution in [-0.2, 0) is 19.9 Å². The fourth-order valence-electron chi connectivity index (χ4n) is 1.28. The predicted octanol–water partition coefficient (Wildman–Crippen LogP) is 0.310. The van der Waals surface area contributed by atoms with Crippen molar-refractivity contribution < 1.29 is 21.8 Å². The molecule has 8 nitrogen and oxygen atoms in total. The van der Waals surface area contributed by atoms with Crippen LogP contribution in [0.2, 0.25) is 5.02 Å². The molecule has 0 atom stereocenters. The van der Waals surface area contributed by atoms with E-state index in [-0.39, 0.29) is 5.02 Å². The summed E-state index contributed by atoms with van der Waals surface area (Å²) < 4.78 is 45.4. The Bertz CT molecular complexity index is 713. The van der Waals surface area contributed by atoms with Crippen LogP contribution in [0.1, 0.15) is 0 Å². The standard InChI is InChI=1S/C8H9ClN2O6S2/c9-6-2-1-3-7(11(12)13)8(6)18(14,15)4-5-19(10,16)17/h1-3H,4-5H2,(H2,10,16,17). The van der Waals surface area contributed by atoms with Crippen LogP contribution in [0.25, 0.3) is 0 Å². The number of nitrogens with two attached hydrogens (primary N) is 1. The van der Waals surface area contributed by atoms with Gasteiger partial charge in [0.15, 0.2) is 14.7 Å². The molecular formula is C8H9ClN2O6S2. The lowest BCUT2D eigenvalue weighted by Crippen LogP contribution is -2.23. The first kappa shape index (κ1) is 15.8. The van der Waals surface area contributed by atoms with Gasteiger partial charge in [-0.05, 0) is 6.07 Å². The van der Waals surface area contributed by atoms with Gasteiger partial charge in [0.2, 0.25) is 10.0 Å². The van der Waals surface area contributed by atoms with Gasteiger partial charge in [-0.15, -0.1) is 0 Å². The van der Waals surface area contributed by atoms with Crippen molar-refractivity contribution in [3.8, 4) is 0 Å². The second-order valence-corrected chi connectivity index (χ2v) is 7.72. The molecule has 0 aliphatic heterocycles. The van der Waals surface area contributed by atoms with Gasteiger partial charge in [0, 0.05) is 6.07 Å². The molecule has 0 aromatic heterocycles. The van der Waals surface area contributed by atoms with Crippen LogP contribution >= 0.6 is 11.6 Å². The number of nitro groups is 1. The van der Waals surface area contributed by atoms with Crippen LogP contribution in [0.15, 0.2) is 23.1 Å². The normalized spacial score (nSPS) is 12.3. The molecule has 0 aliphatic carbocycles. The third kappa shape index (κ3) is 4.13. The molecule has 0 saturated carbocycles. The van der Waals surface area contributed by atoms with Gasteiger partial charge >= 0.3 is 0 Å². The largest absolute Gasteiger partial charge is 0.289 e. The Morgan fingerprint density at radius 2 is 1.79 bits per heavy atom. The Morgan fingerprint density at radius 1 is 1.21 bits per heavy atom. The van der Waals surface area contributed by atoms with Crippen molar-refractivity contribution in [1.82, 2.24) is 0 Å². The number of hydrogen-bond donors (Lipinski definition) is 1. The van der Waals surface area contributed by atoms with Crippen molar-refractivity contribution >= 4 is 37.1 Å². The number of halogens is 1. The maximum absolute atomic E-state index is 11.9. The molecule has 106 valence electrons. The first-order valence-electron chi connectivity index (χ1n) is 4.71. The van der Waals surface area contributed by atoms with E-state index >= 15 is 0 Å². The Kier molecular flexibility index (Phi) is 4.50. The Morgan fingerprint density at radius 3 is 2.26 bits per heavy atom. The number of benzene rings is 1. The van der Waals surface area contributed by atoms with Crippen LogP contribution in [0.4, 0.5) is 5.69 Å². The summed E-state index contributed by atoms with van der Waals surface area (Å²) in [6, 6.07) is 3.35. The molecule has 0 amide bonds. The number of sulfone groups is 1. The molecule has 0 saturated heterocycles. The summed E-state index contributed by atoms with van der Waals surface area (Å²) in [6.45, 7) is 0. The summed E-state index contributed by atoms with van der Waals surface area (Å²) in [5.41, 5.74) is -0.707. The molecule has 2 N–H and O–H groups in total. The van der Waals surface area contributed by atoms with Gasteiger partial charge in [-0.2, -0.15) is 0 Å². The van der Waals surface area contributed by atoms with Crippen molar-refractivity contribution in [2.45, 2.75) is 4.90 Å². The van der Waals surface area contributed by atoms with Gasteiger partial charge < -0.3 is 0 Å². The molecule has 0 spiro atoms. The lowest BCUT2D eigenvalue weighted by atomic mass is 10.3. The SMILES string of the molecule is NS(=O)(=O)CCS(=O)(=O)c1c(Cl)cccc1[N+](=O)[O-]. The van der Waals surface area contributed by atoms with Crippen molar-refractivity contribution in [2.24, 2.45) is 5.14 Å². The smallest absolute Gasteiger partial charge is 0.258 e. The highest BCUT2D eigenvalue weighted by molar-refractivity contribution is 7.94. The first-order chi connectivity index (χ1) is 8.54. The molecule has 0 unspecified atom stereocenters. The second-order valence-electron chi connectivity index (χ2n) is 3.53. The minimum atomic E-state index is -4.23. The van der Waals surface area contributed by atoms with E-state index in [0.29, 0.717) is 0 Å². The number of nitro benzene ring substituents is 1. The van der Waals surface area contributed by atoms with E-state index in [4.69, 9.17) is 16.7 Å². The molecule has 19 heavy (non-hydrogen) atoms. The van der Waals surface area contributed by atoms with Crippen LogP contribution in [0, 0.1) is 10.1 Å². The third-order valence-electron chi connectivity index (χ3n) is 2.09. The van der Waals surface area contributed by atoms with Crippen molar-refractivity contribution in [1.29, 1.82) is 0 Å². The van der Waals surface area contributed by atoms with Crippen molar-refractivity contribution in [2.75, 3.05) is 11.5 Å². The van der Waals surface area contributed by atoms with E-state index in [1.54, 1.807) is 0 Å². The van der Waals surface area contributed by atoms with Gasteiger partial charge in [0.1, 0.15) is 0 Å². The first-order valence-corrected chi connectivity index (χ1v) is 8.45. The van der Waals surface area contributed by atoms with Crippen LogP contribution in [0.5, 0.6) is 0 Å². The summed E-state index contributed by atoms with van der Waals surface area (Å²) in [6.07, 6.45) is 0. The average molecular weight is 329 g/mol. The zero-order valence-electron chi connectivity index (χ0n) is 9.31. The Labute approximate surface area is 114 Å². The summed E-state index contributed by atoms with van der Waals surface area (Å²) in [4.78, 5) is 9.15. The van der Waals surface area contributed by atoms with Crippen LogP contribution < -0.4 is 5.14 Å². The summed E-state index contributed by atoms with van der Waals surface area (Å²) >= 11 is 5.64. The fraction of sp³-hybridized carbons (Fsp3) is 0.250. The third-order valence-corrected chi connectivity index (χ3v) is 5.34. The zero-order chi connectivity index (χ0) is 14.8. The molecule has 1 aromatic carbocycles. The monoisotopic (exact) mass is 328 g/mol. The quantitative estimate of drug-likeness (QED) is 0.609. The minimum absolute atomic E-state index is 0.344. The van der Waals surface area contributed by atoms with Gasteiger partial charge in [-0.3, -0.25) is 10.1 Å². The van der Waals surface area contributed by atoms with E-state index in [2.05, 4.69) is 0 Å². The lowest BCUT2D eigenvalue weighted by Gasteiger charge is -2.06. The maximum atomic E-state index is 11.9. The van der Waals surface area contributed by atoms with E-state index in [1.165, 1.54) is 12.1 Å². The number of rotatable bonds is 5. The molecular weight excluding hydrogens is 320 g/mol. The topological polar surface area (TPSA) is 137 Å². The highest BCUT2D eigenvalue weighted by atomic mass is 35.5. The van der Waals surface area contributed by atoms with E-state index in [9.17, 15) is 26.9 Å². The predicted molar refractivity (Wildman–Crippen MR) is 68.1 cm³/mol. The number of primary sulfonamides is 1. The summed E-state index contributed by atoms with van der Waals surface area (Å²) in [5, 5.41) is 15.1. The summed E-state index contributed by atoms with van der Waals surface area (Å²) in [5.74, 6) is -1.73. The van der Waals surface area contributed by atoms with E-state index in [0.717, 1.165) is 6.07 Å². The molecule has 0 bridgehead atoms. The van der Waals surface area contributed by atoms with E-state index < -0.39 is 46.9 Å². The second kappa shape index (κ2) is 5.41. The minimum Gasteiger partial charge on any atom is -0.258 e. The zero-order valence-corrected chi connectivity index (χ0v) is 11.7. The highest BCUT2D eigenvalue weighted by Crippen LogP contribution is 2.31. The number of sulfonamides is 1. The Balaban J connectivity index is 3.33. The van der Waals surface area contributed by atoms with E-state index in [1.807, 2.05) is 0 Å². The van der Waals surface area contributed by atoms with Crippen molar-refractivity contribution in [3.63, 3.8) is 0 Å². The molecule has 0 radical (unpaired) electrons. The van der Waals surface area contributed by atoms with Gasteiger partial charge in [-0.25, -0.2) is 22.0 Å². The Hall–Kier alpha value is -1.23. The summed E-state index contributed by atoms with van der Waals surface area (Å²) in [7, 11) is -8.24. The molecule has 1 rings (SSSR count). The van der Waals surface area contributed by atoms with Gasteiger partial charge in [0.25, 0.3) is 5.69 Å². The van der Waals surface area contributed by atoms with Crippen molar-refractivity contribution in [3.05, 3.63) is 33.3 Å². The van der Waals surface area contributed by atoms with Gasteiger partial charge in [0.05, 0.1) is 21.5 Å². The number of hydrogen-bond acceptors (Lipinski definition) is 6. The number of nitrogens with zero attached hydrogens (tertiary/aromatic N) is 1. The molecule has 0 heterocycles. The van der Waals surface area contributed by atoms with Crippen LogP contribution in [0.3, 0.4) is 0 Å². The molecule has 11 heteroatoms. The van der Waals surface area contributed by atoms with Crippen LogP contribution in [-0.4, -0.2) is 33.3 Å².